The highest BCUT2D eigenvalue weighted by atomic mass is 35.5. The number of aliphatic imine (C=N–C) groups is 1. The van der Waals surface area contributed by atoms with Crippen LogP contribution in [0.15, 0.2) is 59.6 Å². The van der Waals surface area contributed by atoms with Gasteiger partial charge in [-0.25, -0.2) is 9.79 Å². The van der Waals surface area contributed by atoms with Gasteiger partial charge in [-0.2, -0.15) is 0 Å². The maximum atomic E-state index is 13.7. The summed E-state index contributed by atoms with van der Waals surface area (Å²) < 4.78 is 4.75. The Kier molecular flexibility index (Phi) is 11.1. The number of hydrogen-bond acceptors (Lipinski definition) is 6. The van der Waals surface area contributed by atoms with Gasteiger partial charge in [-0.15, -0.1) is 0 Å². The quantitative estimate of drug-likeness (QED) is 0.313. The predicted molar refractivity (Wildman–Crippen MR) is 158 cm³/mol. The first-order valence-electron chi connectivity index (χ1n) is 13.9. The van der Waals surface area contributed by atoms with E-state index in [-0.39, 0.29) is 29.5 Å². The summed E-state index contributed by atoms with van der Waals surface area (Å²) in [5, 5.41) is 3.29. The van der Waals surface area contributed by atoms with Gasteiger partial charge in [0.25, 0.3) is 5.91 Å². The molecule has 0 spiro atoms. The molecule has 0 bridgehead atoms. The molecular formula is C31H41ClN4O4. The number of Topliss-reactive ketones (excluding diaryl/α,β-unsaturated/α-hetero) is 1. The van der Waals surface area contributed by atoms with Crippen LogP contribution in [-0.2, 0) is 26.3 Å². The van der Waals surface area contributed by atoms with E-state index in [9.17, 15) is 14.4 Å². The molecule has 1 aliphatic rings. The fourth-order valence-electron chi connectivity index (χ4n) is 5.31. The Morgan fingerprint density at radius 3 is 2.40 bits per heavy atom. The predicted octanol–water partition coefficient (Wildman–Crippen LogP) is 5.47. The maximum Gasteiger partial charge on any atom is 0.407 e. The van der Waals surface area contributed by atoms with Crippen molar-refractivity contribution >= 4 is 35.3 Å². The van der Waals surface area contributed by atoms with Crippen LogP contribution >= 0.6 is 11.6 Å². The Hall–Kier alpha value is -3.39. The Morgan fingerprint density at radius 1 is 1.12 bits per heavy atom. The number of nitrogens with one attached hydrogen (secondary N) is 1. The van der Waals surface area contributed by atoms with Gasteiger partial charge in [-0.05, 0) is 60.8 Å². The number of guanidine groups is 1. The third-order valence-electron chi connectivity index (χ3n) is 7.42. The lowest BCUT2D eigenvalue weighted by atomic mass is 9.82. The number of benzene rings is 2. The van der Waals surface area contributed by atoms with Crippen LogP contribution in [0.3, 0.4) is 0 Å². The summed E-state index contributed by atoms with van der Waals surface area (Å²) in [4.78, 5) is 45.3. The molecule has 3 rings (SSSR count). The fraction of sp³-hybridized carbons (Fsp3) is 0.484. The minimum absolute atomic E-state index is 0.0643. The minimum Gasteiger partial charge on any atom is -0.453 e. The second kappa shape index (κ2) is 14.3. The first-order chi connectivity index (χ1) is 19.1. The smallest absolute Gasteiger partial charge is 0.407 e. The van der Waals surface area contributed by atoms with E-state index >= 15 is 0 Å². The van der Waals surface area contributed by atoms with E-state index in [4.69, 9.17) is 27.1 Å². The van der Waals surface area contributed by atoms with Crippen LogP contribution in [0.4, 0.5) is 4.79 Å². The number of ketones is 1. The summed E-state index contributed by atoms with van der Waals surface area (Å²) in [6.07, 6.45) is 2.76. The molecule has 1 aliphatic heterocycles. The lowest BCUT2D eigenvalue weighted by Crippen LogP contribution is -2.44. The highest BCUT2D eigenvalue weighted by Crippen LogP contribution is 2.38. The van der Waals surface area contributed by atoms with E-state index in [2.05, 4.69) is 19.2 Å². The van der Waals surface area contributed by atoms with Crippen molar-refractivity contribution in [1.29, 1.82) is 0 Å². The maximum absolute atomic E-state index is 13.7. The molecule has 3 N–H and O–H groups in total. The van der Waals surface area contributed by atoms with Crippen LogP contribution in [0.1, 0.15) is 64.0 Å². The SMILES string of the molecule is CC[C@@H](CCCN1C(=O)[C@@](CC(C)C)(c2ccccc2)N=C1N)CC(=O)[C@H](Cc1ccc(Cl)cc1)NC(=O)OC. The molecule has 2 amide bonds. The average molecular weight is 569 g/mol. The van der Waals surface area contributed by atoms with Crippen molar-refractivity contribution in [3.8, 4) is 0 Å². The number of carbonyl (C=O) groups is 3. The second-order valence-electron chi connectivity index (χ2n) is 10.9. The van der Waals surface area contributed by atoms with E-state index in [0.29, 0.717) is 37.3 Å². The lowest BCUT2D eigenvalue weighted by Gasteiger charge is -2.28. The number of hydrogen-bond donors (Lipinski definition) is 2. The summed E-state index contributed by atoms with van der Waals surface area (Å²) >= 11 is 5.99. The fourth-order valence-corrected chi connectivity index (χ4v) is 5.43. The molecule has 8 nitrogen and oxygen atoms in total. The van der Waals surface area contributed by atoms with Crippen molar-refractivity contribution in [3.05, 3.63) is 70.7 Å². The number of alkyl carbamates (subject to hydrolysis) is 1. The van der Waals surface area contributed by atoms with Crippen LogP contribution in [-0.4, -0.2) is 48.3 Å². The van der Waals surface area contributed by atoms with Gasteiger partial charge in [0.2, 0.25) is 0 Å². The first-order valence-corrected chi connectivity index (χ1v) is 14.3. The molecule has 0 radical (unpaired) electrons. The van der Waals surface area contributed by atoms with Gasteiger partial charge >= 0.3 is 6.09 Å². The molecule has 216 valence electrons. The van der Waals surface area contributed by atoms with Gasteiger partial charge in [0.1, 0.15) is 0 Å². The summed E-state index contributed by atoms with van der Waals surface area (Å²) in [5.74, 6) is 0.412. The molecule has 2 aromatic rings. The third kappa shape index (κ3) is 7.84. The van der Waals surface area contributed by atoms with Gasteiger partial charge in [-0.3, -0.25) is 14.5 Å². The zero-order valence-electron chi connectivity index (χ0n) is 23.9. The standard InChI is InChI=1S/C31H41ClN4O4/c1-5-22(19-27(37)26(34-30(39)40-4)18-23-13-15-25(32)16-14-23)10-9-17-36-28(38)31(20-21(2)3,35-29(36)33)24-11-7-6-8-12-24/h6-8,11-16,21-22,26H,5,9-10,17-20H2,1-4H3,(H2,33,35)(H,34,39)/t22-,26-,31+/m0/s1. The molecule has 2 aromatic carbocycles. The average Bonchev–Trinajstić information content (AvgIpc) is 3.17. The summed E-state index contributed by atoms with van der Waals surface area (Å²) in [5.41, 5.74) is 7.04. The van der Waals surface area contributed by atoms with Gasteiger partial charge in [-0.1, -0.05) is 81.3 Å². The van der Waals surface area contributed by atoms with Crippen molar-refractivity contribution in [2.24, 2.45) is 22.6 Å². The number of rotatable bonds is 14. The van der Waals surface area contributed by atoms with Gasteiger partial charge in [0.05, 0.1) is 13.2 Å². The normalized spacial score (nSPS) is 18.4. The monoisotopic (exact) mass is 568 g/mol. The Balaban J connectivity index is 1.63. The minimum atomic E-state index is -1.01. The van der Waals surface area contributed by atoms with E-state index in [0.717, 1.165) is 24.0 Å². The van der Waals surface area contributed by atoms with Crippen LogP contribution < -0.4 is 11.1 Å². The Labute approximate surface area is 242 Å². The van der Waals surface area contributed by atoms with Crippen molar-refractivity contribution in [2.45, 2.75) is 70.9 Å². The molecule has 0 aromatic heterocycles. The van der Waals surface area contributed by atoms with Crippen LogP contribution in [0.25, 0.3) is 0 Å². The number of methoxy groups -OCH3 is 1. The Morgan fingerprint density at radius 2 is 1.80 bits per heavy atom. The number of ether oxygens (including phenoxy) is 1. The van der Waals surface area contributed by atoms with E-state index in [1.165, 1.54) is 7.11 Å². The van der Waals surface area contributed by atoms with Gasteiger partial charge < -0.3 is 15.8 Å². The molecule has 0 aliphatic carbocycles. The Bertz CT molecular complexity index is 1190. The molecule has 1 heterocycles. The molecule has 3 atom stereocenters. The van der Waals surface area contributed by atoms with Gasteiger partial charge in [0.15, 0.2) is 17.3 Å². The number of amides is 2. The second-order valence-corrected chi connectivity index (χ2v) is 11.3. The molecule has 0 fully saturated rings. The van der Waals surface area contributed by atoms with E-state index in [1.807, 2.05) is 49.4 Å². The molecule has 40 heavy (non-hydrogen) atoms. The van der Waals surface area contributed by atoms with Crippen LogP contribution in [0.2, 0.25) is 5.02 Å². The summed E-state index contributed by atoms with van der Waals surface area (Å²) in [6, 6.07) is 16.1. The highest BCUT2D eigenvalue weighted by molar-refractivity contribution is 6.30. The number of carbonyl (C=O) groups excluding carboxylic acids is 3. The molecule has 9 heteroatoms. The molecule has 0 unspecified atom stereocenters. The summed E-state index contributed by atoms with van der Waals surface area (Å²) in [6.45, 7) is 6.62. The van der Waals surface area contributed by atoms with Crippen molar-refractivity contribution in [3.63, 3.8) is 0 Å². The van der Waals surface area contributed by atoms with Crippen LogP contribution in [0.5, 0.6) is 0 Å². The first kappa shape index (κ1) is 31.1. The molecule has 0 saturated carbocycles. The lowest BCUT2D eigenvalue weighted by molar-refractivity contribution is -0.132. The van der Waals surface area contributed by atoms with Gasteiger partial charge in [0, 0.05) is 18.0 Å². The summed E-state index contributed by atoms with van der Waals surface area (Å²) in [7, 11) is 1.27. The zero-order valence-corrected chi connectivity index (χ0v) is 24.6. The zero-order chi connectivity index (χ0) is 29.3. The topological polar surface area (TPSA) is 114 Å². The number of nitrogens with zero attached hydrogens (tertiary/aromatic N) is 2. The molecular weight excluding hydrogens is 528 g/mol. The van der Waals surface area contributed by atoms with Crippen molar-refractivity contribution in [1.82, 2.24) is 10.2 Å². The van der Waals surface area contributed by atoms with Crippen molar-refractivity contribution in [2.75, 3.05) is 13.7 Å². The van der Waals surface area contributed by atoms with E-state index in [1.54, 1.807) is 17.0 Å². The molecule has 0 saturated heterocycles. The number of halogens is 1. The van der Waals surface area contributed by atoms with Crippen LogP contribution in [0, 0.1) is 11.8 Å². The largest absolute Gasteiger partial charge is 0.453 e. The number of nitrogens with two attached hydrogens (primary N) is 1. The highest BCUT2D eigenvalue weighted by Gasteiger charge is 2.49. The van der Waals surface area contributed by atoms with E-state index < -0.39 is 17.7 Å². The van der Waals surface area contributed by atoms with Crippen molar-refractivity contribution < 1.29 is 19.1 Å². The third-order valence-corrected chi connectivity index (χ3v) is 7.67.